The van der Waals surface area contributed by atoms with Crippen molar-refractivity contribution in [2.45, 2.75) is 74.7 Å². The lowest BCUT2D eigenvalue weighted by Gasteiger charge is -1.89. The summed E-state index contributed by atoms with van der Waals surface area (Å²) in [4.78, 5) is 0. The zero-order valence-electron chi connectivity index (χ0n) is 16.9. The smallest absolute Gasteiger partial charge is 0.0307 e. The highest BCUT2D eigenvalue weighted by Gasteiger charge is 1.80. The third kappa shape index (κ3) is 20.4. The van der Waals surface area contributed by atoms with Gasteiger partial charge in [0, 0.05) is 0 Å². The van der Waals surface area contributed by atoms with Gasteiger partial charge in [0.15, 0.2) is 0 Å². The van der Waals surface area contributed by atoms with Crippen LogP contribution < -0.4 is 0 Å². The summed E-state index contributed by atoms with van der Waals surface area (Å²) in [6.45, 7) is 16.6. The van der Waals surface area contributed by atoms with Crippen molar-refractivity contribution in [2.24, 2.45) is 0 Å². The molecule has 0 unspecified atom stereocenters. The van der Waals surface area contributed by atoms with Gasteiger partial charge < -0.3 is 0 Å². The van der Waals surface area contributed by atoms with Gasteiger partial charge in [-0.05, 0) is 24.0 Å². The molecule has 0 radical (unpaired) electrons. The highest BCUT2D eigenvalue weighted by atomic mass is 13.9. The molecule has 132 valence electrons. The largest absolute Gasteiger partial charge is 0.0683 e. The lowest BCUT2D eigenvalue weighted by molar-refractivity contribution is 1.09. The molecule has 0 N–H and O–H groups in total. The van der Waals surface area contributed by atoms with Crippen molar-refractivity contribution < 1.29 is 0 Å². The first-order valence-corrected chi connectivity index (χ1v) is 9.36. The van der Waals surface area contributed by atoms with E-state index in [2.05, 4.69) is 76.2 Å². The Kier molecular flexibility index (Phi) is 29.1. The van der Waals surface area contributed by atoms with Gasteiger partial charge in [-0.15, -0.1) is 0 Å². The van der Waals surface area contributed by atoms with Gasteiger partial charge in [0.1, 0.15) is 0 Å². The Hall–Kier alpha value is -1.56. The van der Waals surface area contributed by atoms with Gasteiger partial charge >= 0.3 is 0 Å². The van der Waals surface area contributed by atoms with Gasteiger partial charge in [-0.1, -0.05) is 122 Å². The fourth-order valence-electron chi connectivity index (χ4n) is 1.43. The summed E-state index contributed by atoms with van der Waals surface area (Å²) in [6, 6.07) is 20.9. The minimum Gasteiger partial charge on any atom is -0.0683 e. The van der Waals surface area contributed by atoms with Crippen molar-refractivity contribution in [3.63, 3.8) is 0 Å². The number of benzene rings is 2. The van der Waals surface area contributed by atoms with Crippen LogP contribution >= 0.6 is 0 Å². The van der Waals surface area contributed by atoms with Crippen LogP contribution in [-0.4, -0.2) is 0 Å². The van der Waals surface area contributed by atoms with E-state index in [0.29, 0.717) is 0 Å². The molecule has 2 rings (SSSR count). The molecular weight excluding hydrogens is 276 g/mol. The molecule has 0 heteroatoms. The van der Waals surface area contributed by atoms with Crippen LogP contribution in [0, 0.1) is 0 Å². The molecule has 0 fully saturated rings. The fourth-order valence-corrected chi connectivity index (χ4v) is 1.43. The Morgan fingerprint density at radius 2 is 0.696 bits per heavy atom. The van der Waals surface area contributed by atoms with E-state index in [9.17, 15) is 0 Å². The average Bonchev–Trinajstić information content (AvgIpc) is 2.67. The summed E-state index contributed by atoms with van der Waals surface area (Å²) >= 11 is 0. The fraction of sp³-hybridized carbons (Fsp3) is 0.478. The molecule has 23 heavy (non-hydrogen) atoms. The van der Waals surface area contributed by atoms with Crippen LogP contribution in [0.2, 0.25) is 0 Å². The summed E-state index contributed by atoms with van der Waals surface area (Å²) in [7, 11) is 0. The molecule has 0 aliphatic heterocycles. The van der Waals surface area contributed by atoms with Gasteiger partial charge in [-0.2, -0.15) is 0 Å². The van der Waals surface area contributed by atoms with Crippen LogP contribution in [0.5, 0.6) is 0 Å². The molecule has 0 amide bonds. The van der Waals surface area contributed by atoms with Crippen molar-refractivity contribution in [1.82, 2.24) is 0 Å². The normalized spacial score (nSPS) is 7.65. The first kappa shape index (κ1) is 26.3. The average molecular weight is 317 g/mol. The highest BCUT2D eigenvalue weighted by Crippen LogP contribution is 1.97. The van der Waals surface area contributed by atoms with E-state index in [-0.39, 0.29) is 0 Å². The van der Waals surface area contributed by atoms with Crippen LogP contribution in [0.3, 0.4) is 0 Å². The molecule has 0 saturated carbocycles. The molecule has 0 aliphatic rings. The number of hydrogen-bond donors (Lipinski definition) is 0. The SMILES string of the molecule is CC.CC.CCC.CCc1ccccc1.CCc1ccccc1. The van der Waals surface area contributed by atoms with Crippen molar-refractivity contribution in [3.8, 4) is 0 Å². The van der Waals surface area contributed by atoms with Gasteiger partial charge in [0.05, 0.1) is 0 Å². The van der Waals surface area contributed by atoms with Crippen LogP contribution in [0.25, 0.3) is 0 Å². The lowest BCUT2D eigenvalue weighted by Crippen LogP contribution is -1.73. The molecule has 0 aliphatic carbocycles. The lowest BCUT2D eigenvalue weighted by atomic mass is 10.2. The second-order valence-electron chi connectivity index (χ2n) is 4.39. The number of rotatable bonds is 2. The summed E-state index contributed by atoms with van der Waals surface area (Å²) in [5, 5.41) is 0. The first-order chi connectivity index (χ1) is 11.3. The van der Waals surface area contributed by atoms with Crippen molar-refractivity contribution in [1.29, 1.82) is 0 Å². The number of aryl methyl sites for hydroxylation is 2. The van der Waals surface area contributed by atoms with E-state index in [1.165, 1.54) is 17.5 Å². The minimum absolute atomic E-state index is 1.14. The molecular formula is C23H40. The predicted octanol–water partition coefficient (Wildman–Crippen LogP) is 7.97. The van der Waals surface area contributed by atoms with E-state index >= 15 is 0 Å². The molecule has 2 aromatic rings. The first-order valence-electron chi connectivity index (χ1n) is 9.36. The van der Waals surface area contributed by atoms with Gasteiger partial charge in [0.25, 0.3) is 0 Å². The maximum Gasteiger partial charge on any atom is -0.0307 e. The maximum absolute atomic E-state index is 2.16. The molecule has 0 atom stereocenters. The summed E-state index contributed by atoms with van der Waals surface area (Å²) in [5.41, 5.74) is 2.82. The zero-order valence-corrected chi connectivity index (χ0v) is 16.9. The van der Waals surface area contributed by atoms with Crippen LogP contribution in [0.4, 0.5) is 0 Å². The number of hydrogen-bond acceptors (Lipinski definition) is 0. The summed E-state index contributed by atoms with van der Waals surface area (Å²) < 4.78 is 0. The van der Waals surface area contributed by atoms with Crippen LogP contribution in [0.1, 0.15) is 72.9 Å². The Balaban J connectivity index is -0.000000252. The third-order valence-electron chi connectivity index (χ3n) is 2.50. The standard InChI is InChI=1S/2C8H10.C3H8.2C2H6/c2*1-2-8-6-4-3-5-7-8;1-3-2;2*1-2/h2*3-7H,2H2,1H3;3H2,1-2H3;2*1-2H3. The molecule has 0 aromatic heterocycles. The van der Waals surface area contributed by atoms with Crippen LogP contribution in [-0.2, 0) is 12.8 Å². The predicted molar refractivity (Wildman–Crippen MR) is 110 cm³/mol. The Morgan fingerprint density at radius 3 is 0.826 bits per heavy atom. The second-order valence-corrected chi connectivity index (χ2v) is 4.39. The van der Waals surface area contributed by atoms with E-state index in [1.807, 2.05) is 39.8 Å². The Labute approximate surface area is 147 Å². The Bertz CT molecular complexity index is 336. The molecule has 0 spiro atoms. The molecule has 0 saturated heterocycles. The summed E-state index contributed by atoms with van der Waals surface area (Å²) in [5.74, 6) is 0. The zero-order chi connectivity index (χ0) is 18.3. The van der Waals surface area contributed by atoms with Gasteiger partial charge in [-0.25, -0.2) is 0 Å². The van der Waals surface area contributed by atoms with Crippen LogP contribution in [0.15, 0.2) is 60.7 Å². The molecule has 2 aromatic carbocycles. The molecule has 0 bridgehead atoms. The van der Waals surface area contributed by atoms with Crippen molar-refractivity contribution in [2.75, 3.05) is 0 Å². The van der Waals surface area contributed by atoms with Crippen molar-refractivity contribution >= 4 is 0 Å². The second kappa shape index (κ2) is 25.4. The minimum atomic E-state index is 1.14. The van der Waals surface area contributed by atoms with Crippen molar-refractivity contribution in [3.05, 3.63) is 71.8 Å². The monoisotopic (exact) mass is 316 g/mol. The molecule has 0 heterocycles. The Morgan fingerprint density at radius 1 is 0.478 bits per heavy atom. The maximum atomic E-state index is 2.16. The third-order valence-corrected chi connectivity index (χ3v) is 2.50. The summed E-state index contributed by atoms with van der Waals surface area (Å²) in [6.07, 6.45) is 3.53. The quantitative estimate of drug-likeness (QED) is 0.527. The highest BCUT2D eigenvalue weighted by molar-refractivity contribution is 5.14. The van der Waals surface area contributed by atoms with E-state index in [4.69, 9.17) is 0 Å². The van der Waals surface area contributed by atoms with Gasteiger partial charge in [-0.3, -0.25) is 0 Å². The van der Waals surface area contributed by atoms with Gasteiger partial charge in [0.2, 0.25) is 0 Å². The van der Waals surface area contributed by atoms with E-state index in [0.717, 1.165) is 12.8 Å². The van der Waals surface area contributed by atoms with E-state index in [1.54, 1.807) is 0 Å². The topological polar surface area (TPSA) is 0 Å². The molecule has 0 nitrogen and oxygen atoms in total. The van der Waals surface area contributed by atoms with E-state index < -0.39 is 0 Å².